The summed E-state index contributed by atoms with van der Waals surface area (Å²) in [6.07, 6.45) is 0. The molecular formula is C13H7FN2O5. The number of hydrogen-bond donors (Lipinski definition) is 0. The van der Waals surface area contributed by atoms with E-state index < -0.39 is 32.8 Å². The maximum Gasteiger partial charge on any atom is 0.346 e. The highest BCUT2D eigenvalue weighted by Gasteiger charge is 2.25. The van der Waals surface area contributed by atoms with Crippen molar-refractivity contribution in [2.24, 2.45) is 0 Å². The van der Waals surface area contributed by atoms with Crippen molar-refractivity contribution in [2.45, 2.75) is 0 Å². The maximum absolute atomic E-state index is 12.8. The smallest absolute Gasteiger partial charge is 0.289 e. The van der Waals surface area contributed by atoms with Crippen molar-refractivity contribution in [1.82, 2.24) is 0 Å². The van der Waals surface area contributed by atoms with Crippen molar-refractivity contribution in [1.29, 1.82) is 0 Å². The Kier molecular flexibility index (Phi) is 3.70. The van der Waals surface area contributed by atoms with Gasteiger partial charge in [0.1, 0.15) is 5.82 Å². The molecule has 0 spiro atoms. The Labute approximate surface area is 116 Å². The van der Waals surface area contributed by atoms with E-state index in [2.05, 4.69) is 0 Å². The molecule has 0 aromatic heterocycles. The number of nitro groups is 2. The second-order valence-electron chi connectivity index (χ2n) is 4.05. The normalized spacial score (nSPS) is 10.1. The first-order valence-corrected chi connectivity index (χ1v) is 5.63. The highest BCUT2D eigenvalue weighted by molar-refractivity contribution is 6.09. The predicted octanol–water partition coefficient (Wildman–Crippen LogP) is 2.87. The van der Waals surface area contributed by atoms with Crippen molar-refractivity contribution in [2.75, 3.05) is 0 Å². The lowest BCUT2D eigenvalue weighted by molar-refractivity contribution is -0.422. The van der Waals surface area contributed by atoms with E-state index in [1.165, 1.54) is 12.1 Å². The van der Waals surface area contributed by atoms with Crippen LogP contribution in [0.15, 0.2) is 42.5 Å². The first-order chi connectivity index (χ1) is 9.90. The number of nitrogens with zero attached hydrogens (tertiary/aromatic N) is 2. The molecule has 0 amide bonds. The zero-order chi connectivity index (χ0) is 15.6. The minimum absolute atomic E-state index is 0.0843. The fourth-order valence-electron chi connectivity index (χ4n) is 1.73. The molecule has 0 aliphatic heterocycles. The standard InChI is InChI=1S/C13H7FN2O5/c14-10-4-1-8(2-5-10)13(17)9-3-6-11(15(18)19)12(7-9)16(20)21/h1-7H. The van der Waals surface area contributed by atoms with Gasteiger partial charge in [0.05, 0.1) is 9.85 Å². The summed E-state index contributed by atoms with van der Waals surface area (Å²) >= 11 is 0. The van der Waals surface area contributed by atoms with Crippen LogP contribution < -0.4 is 0 Å². The van der Waals surface area contributed by atoms with Crippen molar-refractivity contribution in [3.63, 3.8) is 0 Å². The number of benzene rings is 2. The molecule has 0 aliphatic rings. The number of carbonyl (C=O) groups is 1. The summed E-state index contributed by atoms with van der Waals surface area (Å²) in [5.74, 6) is -1.12. The molecule has 8 heteroatoms. The Hall–Kier alpha value is -3.16. The van der Waals surface area contributed by atoms with Gasteiger partial charge in [0.25, 0.3) is 0 Å². The molecule has 0 saturated carbocycles. The molecule has 0 heterocycles. The van der Waals surface area contributed by atoms with Crippen LogP contribution in [0.4, 0.5) is 15.8 Å². The van der Waals surface area contributed by atoms with E-state index in [1.54, 1.807) is 0 Å². The molecule has 2 rings (SSSR count). The van der Waals surface area contributed by atoms with E-state index in [0.717, 1.165) is 30.3 Å². The van der Waals surface area contributed by atoms with Crippen LogP contribution in [0.25, 0.3) is 0 Å². The Morgan fingerprint density at radius 2 is 1.38 bits per heavy atom. The molecule has 2 aromatic carbocycles. The minimum Gasteiger partial charge on any atom is -0.289 e. The maximum atomic E-state index is 12.8. The van der Waals surface area contributed by atoms with Gasteiger partial charge >= 0.3 is 11.4 Å². The fraction of sp³-hybridized carbons (Fsp3) is 0. The van der Waals surface area contributed by atoms with Gasteiger partial charge in [-0.1, -0.05) is 0 Å². The van der Waals surface area contributed by atoms with Gasteiger partial charge in [0.2, 0.25) is 0 Å². The van der Waals surface area contributed by atoms with Gasteiger partial charge in [-0.15, -0.1) is 0 Å². The van der Waals surface area contributed by atoms with E-state index in [9.17, 15) is 29.4 Å². The largest absolute Gasteiger partial charge is 0.346 e. The Morgan fingerprint density at radius 1 is 0.857 bits per heavy atom. The molecule has 106 valence electrons. The molecule has 0 N–H and O–H groups in total. The molecule has 2 aromatic rings. The molecule has 0 fully saturated rings. The fourth-order valence-corrected chi connectivity index (χ4v) is 1.73. The average Bonchev–Trinajstić information content (AvgIpc) is 2.46. The van der Waals surface area contributed by atoms with Crippen molar-refractivity contribution in [3.05, 3.63) is 79.6 Å². The summed E-state index contributed by atoms with van der Waals surface area (Å²) in [7, 11) is 0. The first kappa shape index (κ1) is 14.3. The van der Waals surface area contributed by atoms with Crippen LogP contribution in [-0.4, -0.2) is 15.6 Å². The Morgan fingerprint density at radius 3 is 1.90 bits per heavy atom. The molecular weight excluding hydrogens is 283 g/mol. The third-order valence-electron chi connectivity index (χ3n) is 2.74. The van der Waals surface area contributed by atoms with Gasteiger partial charge in [0, 0.05) is 23.3 Å². The van der Waals surface area contributed by atoms with Crippen LogP contribution >= 0.6 is 0 Å². The van der Waals surface area contributed by atoms with Crippen molar-refractivity contribution in [3.8, 4) is 0 Å². The minimum atomic E-state index is -0.931. The van der Waals surface area contributed by atoms with Gasteiger partial charge in [-0.05, 0) is 30.3 Å². The third kappa shape index (κ3) is 2.89. The molecule has 0 saturated heterocycles. The van der Waals surface area contributed by atoms with E-state index in [4.69, 9.17) is 0 Å². The summed E-state index contributed by atoms with van der Waals surface area (Å²) in [6, 6.07) is 7.46. The average molecular weight is 290 g/mol. The zero-order valence-corrected chi connectivity index (χ0v) is 10.4. The number of nitro benzene ring substituents is 2. The van der Waals surface area contributed by atoms with Crippen LogP contribution in [0.5, 0.6) is 0 Å². The van der Waals surface area contributed by atoms with E-state index in [-0.39, 0.29) is 11.1 Å². The molecule has 7 nitrogen and oxygen atoms in total. The lowest BCUT2D eigenvalue weighted by Gasteiger charge is -2.02. The van der Waals surface area contributed by atoms with Gasteiger partial charge in [-0.3, -0.25) is 25.0 Å². The molecule has 0 unspecified atom stereocenters. The molecule has 0 atom stereocenters. The summed E-state index contributed by atoms with van der Waals surface area (Å²) in [5, 5.41) is 21.5. The van der Waals surface area contributed by atoms with Crippen LogP contribution in [0.3, 0.4) is 0 Å². The summed E-state index contributed by atoms with van der Waals surface area (Å²) < 4.78 is 12.8. The predicted molar refractivity (Wildman–Crippen MR) is 69.6 cm³/mol. The lowest BCUT2D eigenvalue weighted by atomic mass is 10.0. The molecule has 0 aliphatic carbocycles. The molecule has 21 heavy (non-hydrogen) atoms. The summed E-state index contributed by atoms with van der Waals surface area (Å²) in [5.41, 5.74) is -1.43. The van der Waals surface area contributed by atoms with Gasteiger partial charge < -0.3 is 0 Å². The van der Waals surface area contributed by atoms with E-state index in [0.29, 0.717) is 0 Å². The van der Waals surface area contributed by atoms with Crippen molar-refractivity contribution < 1.29 is 19.0 Å². The number of halogens is 1. The van der Waals surface area contributed by atoms with Crippen LogP contribution in [0, 0.1) is 26.0 Å². The van der Waals surface area contributed by atoms with E-state index in [1.807, 2.05) is 0 Å². The Balaban J connectivity index is 2.47. The van der Waals surface area contributed by atoms with Crippen molar-refractivity contribution >= 4 is 17.2 Å². The lowest BCUT2D eigenvalue weighted by Crippen LogP contribution is -2.04. The molecule has 0 radical (unpaired) electrons. The second kappa shape index (κ2) is 5.45. The zero-order valence-electron chi connectivity index (χ0n) is 10.4. The SMILES string of the molecule is O=C(c1ccc(F)cc1)c1ccc([N+](=O)[O-])c([N+](=O)[O-])c1. The Bertz CT molecular complexity index is 743. The number of hydrogen-bond acceptors (Lipinski definition) is 5. The summed E-state index contributed by atoms with van der Waals surface area (Å²) in [6.45, 7) is 0. The van der Waals surface area contributed by atoms with Gasteiger partial charge in [-0.2, -0.15) is 0 Å². The topological polar surface area (TPSA) is 103 Å². The monoisotopic (exact) mass is 290 g/mol. The number of rotatable bonds is 4. The second-order valence-corrected chi connectivity index (χ2v) is 4.05. The highest BCUT2D eigenvalue weighted by Crippen LogP contribution is 2.28. The number of carbonyl (C=O) groups excluding carboxylic acids is 1. The third-order valence-corrected chi connectivity index (χ3v) is 2.74. The van der Waals surface area contributed by atoms with Crippen LogP contribution in [0.2, 0.25) is 0 Å². The van der Waals surface area contributed by atoms with Crippen LogP contribution in [0.1, 0.15) is 15.9 Å². The quantitative estimate of drug-likeness (QED) is 0.489. The highest BCUT2D eigenvalue weighted by atomic mass is 19.1. The van der Waals surface area contributed by atoms with Gasteiger partial charge in [-0.25, -0.2) is 4.39 Å². The molecule has 0 bridgehead atoms. The van der Waals surface area contributed by atoms with E-state index >= 15 is 0 Å². The first-order valence-electron chi connectivity index (χ1n) is 5.63. The number of ketones is 1. The summed E-state index contributed by atoms with van der Waals surface area (Å²) in [4.78, 5) is 31.8. The van der Waals surface area contributed by atoms with Gasteiger partial charge in [0.15, 0.2) is 5.78 Å². The van der Waals surface area contributed by atoms with Crippen LogP contribution in [-0.2, 0) is 0 Å².